The van der Waals surface area contributed by atoms with Gasteiger partial charge in [0.2, 0.25) is 0 Å². The number of halogens is 2. The number of hydrogen-bond acceptors (Lipinski definition) is 5. The number of nitrogens with one attached hydrogen (secondary N) is 1. The van der Waals surface area contributed by atoms with Crippen molar-refractivity contribution >= 4 is 11.9 Å². The predicted molar refractivity (Wildman–Crippen MR) is 83.6 cm³/mol. The second kappa shape index (κ2) is 7.88. The van der Waals surface area contributed by atoms with Gasteiger partial charge in [-0.2, -0.15) is 8.78 Å². The van der Waals surface area contributed by atoms with Gasteiger partial charge in [0, 0.05) is 6.42 Å². The Hall–Kier alpha value is -2.06. The Morgan fingerprint density at radius 2 is 1.80 bits per heavy atom. The molecule has 1 saturated heterocycles. The maximum Gasteiger partial charge on any atom is 0.327 e. The summed E-state index contributed by atoms with van der Waals surface area (Å²) in [6.45, 7) is 1.16. The van der Waals surface area contributed by atoms with Crippen LogP contribution in [-0.2, 0) is 14.3 Å². The third-order valence-electron chi connectivity index (χ3n) is 4.14. The smallest absolute Gasteiger partial charge is 0.327 e. The minimum absolute atomic E-state index is 0.242. The van der Waals surface area contributed by atoms with Crippen LogP contribution in [0, 0.1) is 5.92 Å². The maximum atomic E-state index is 14.1. The van der Waals surface area contributed by atoms with Gasteiger partial charge in [0.1, 0.15) is 6.61 Å². The summed E-state index contributed by atoms with van der Waals surface area (Å²) in [5.74, 6) is -6.91. The molecule has 0 unspecified atom stereocenters. The second-order valence-corrected chi connectivity index (χ2v) is 6.25. The summed E-state index contributed by atoms with van der Waals surface area (Å²) in [5, 5.41) is 21.7. The van der Waals surface area contributed by atoms with Crippen LogP contribution in [0.15, 0.2) is 30.3 Å². The van der Waals surface area contributed by atoms with Gasteiger partial charge >= 0.3 is 11.9 Å². The van der Waals surface area contributed by atoms with E-state index in [2.05, 4.69) is 5.32 Å². The fourth-order valence-electron chi connectivity index (χ4n) is 2.59. The van der Waals surface area contributed by atoms with Crippen LogP contribution >= 0.6 is 0 Å². The molecule has 0 radical (unpaired) electrons. The molecule has 3 N–H and O–H groups in total. The molecule has 0 saturated carbocycles. The first-order chi connectivity index (χ1) is 11.7. The van der Waals surface area contributed by atoms with Crippen molar-refractivity contribution < 1.29 is 33.3 Å². The topological polar surface area (TPSA) is 95.9 Å². The quantitative estimate of drug-likeness (QED) is 0.656. The van der Waals surface area contributed by atoms with Gasteiger partial charge in [0.05, 0.1) is 24.2 Å². The van der Waals surface area contributed by atoms with Crippen molar-refractivity contribution in [2.75, 3.05) is 6.61 Å². The van der Waals surface area contributed by atoms with Gasteiger partial charge < -0.3 is 20.3 Å². The fraction of sp³-hybridized carbons (Fsp3) is 0.529. The molecule has 4 atom stereocenters. The minimum atomic E-state index is -3.88. The molecular weight excluding hydrogens is 336 g/mol. The zero-order valence-electron chi connectivity index (χ0n) is 13.7. The van der Waals surface area contributed by atoms with Gasteiger partial charge in [-0.3, -0.25) is 9.59 Å². The van der Waals surface area contributed by atoms with Crippen molar-refractivity contribution in [3.63, 3.8) is 0 Å². The van der Waals surface area contributed by atoms with Gasteiger partial charge in [-0.25, -0.2) is 0 Å². The van der Waals surface area contributed by atoms with Gasteiger partial charge in [0.25, 0.3) is 5.91 Å². The van der Waals surface area contributed by atoms with E-state index in [1.54, 1.807) is 30.3 Å². The molecule has 1 aromatic rings. The van der Waals surface area contributed by atoms with E-state index in [4.69, 9.17) is 4.74 Å². The van der Waals surface area contributed by atoms with E-state index < -0.39 is 48.4 Å². The van der Waals surface area contributed by atoms with Crippen LogP contribution in [0.3, 0.4) is 0 Å². The summed E-state index contributed by atoms with van der Waals surface area (Å²) in [6, 6.07) is 7.34. The van der Waals surface area contributed by atoms with Gasteiger partial charge in [0.15, 0.2) is 0 Å². The standard InChI is InChI=1S/C17H21F2NO5/c1-10-7-13(21)14(22)8-17(18,19)16(24)20-12(9-25-15(10)23)11-5-3-2-4-6-11/h2-6,10,12-14,21-22H,7-9H2,1H3,(H,20,24)/t10-,12+,13+,14+/m1/s1. The monoisotopic (exact) mass is 357 g/mol. The molecule has 0 aromatic heterocycles. The Balaban J connectivity index is 2.28. The number of aliphatic hydroxyl groups excluding tert-OH is 2. The Morgan fingerprint density at radius 1 is 1.16 bits per heavy atom. The molecule has 8 heteroatoms. The molecule has 1 heterocycles. The van der Waals surface area contributed by atoms with Crippen LogP contribution in [0.2, 0.25) is 0 Å². The first kappa shape index (κ1) is 19.3. The van der Waals surface area contributed by atoms with E-state index in [0.29, 0.717) is 5.56 Å². The van der Waals surface area contributed by atoms with Crippen LogP contribution in [0.5, 0.6) is 0 Å². The third kappa shape index (κ3) is 4.96. The van der Waals surface area contributed by atoms with E-state index in [1.165, 1.54) is 6.92 Å². The van der Waals surface area contributed by atoms with Gasteiger partial charge in [-0.1, -0.05) is 37.3 Å². The lowest BCUT2D eigenvalue weighted by Gasteiger charge is -2.28. The number of ether oxygens (including phenoxy) is 1. The van der Waals surface area contributed by atoms with E-state index in [-0.39, 0.29) is 13.0 Å². The number of aliphatic hydroxyl groups is 2. The molecule has 1 aliphatic rings. The molecule has 0 aliphatic carbocycles. The number of alkyl halides is 2. The summed E-state index contributed by atoms with van der Waals surface area (Å²) in [5.41, 5.74) is 0.504. The summed E-state index contributed by atoms with van der Waals surface area (Å²) >= 11 is 0. The number of amides is 1. The molecule has 1 fully saturated rings. The highest BCUT2D eigenvalue weighted by Gasteiger charge is 2.44. The average molecular weight is 357 g/mol. The van der Waals surface area contributed by atoms with Crippen LogP contribution < -0.4 is 5.32 Å². The first-order valence-electron chi connectivity index (χ1n) is 7.97. The molecule has 25 heavy (non-hydrogen) atoms. The van der Waals surface area contributed by atoms with Gasteiger partial charge in [-0.15, -0.1) is 0 Å². The number of esters is 1. The molecule has 1 aliphatic heterocycles. The molecule has 2 rings (SSSR count). The van der Waals surface area contributed by atoms with E-state index in [0.717, 1.165) is 0 Å². The lowest BCUT2D eigenvalue weighted by atomic mass is 9.96. The highest BCUT2D eigenvalue weighted by molar-refractivity contribution is 5.84. The van der Waals surface area contributed by atoms with Crippen molar-refractivity contribution in [2.24, 2.45) is 5.92 Å². The zero-order chi connectivity index (χ0) is 18.6. The highest BCUT2D eigenvalue weighted by Crippen LogP contribution is 2.26. The molecule has 6 nitrogen and oxygen atoms in total. The van der Waals surface area contributed by atoms with Crippen LogP contribution in [0.25, 0.3) is 0 Å². The maximum absolute atomic E-state index is 14.1. The molecular formula is C17H21F2NO5. The molecule has 1 aromatic carbocycles. The predicted octanol–water partition coefficient (Wildman–Crippen LogP) is 1.17. The van der Waals surface area contributed by atoms with Crippen molar-refractivity contribution in [1.29, 1.82) is 0 Å². The Bertz CT molecular complexity index is 610. The van der Waals surface area contributed by atoms with E-state index in [1.807, 2.05) is 0 Å². The van der Waals surface area contributed by atoms with E-state index >= 15 is 0 Å². The Kier molecular flexibility index (Phi) is 6.07. The fourth-order valence-corrected chi connectivity index (χ4v) is 2.59. The Labute approximate surface area is 143 Å². The zero-order valence-corrected chi connectivity index (χ0v) is 13.7. The number of rotatable bonds is 1. The second-order valence-electron chi connectivity index (χ2n) is 6.25. The van der Waals surface area contributed by atoms with Crippen molar-refractivity contribution in [2.45, 2.75) is 43.9 Å². The van der Waals surface area contributed by atoms with Gasteiger partial charge in [-0.05, 0) is 12.0 Å². The first-order valence-corrected chi connectivity index (χ1v) is 7.97. The largest absolute Gasteiger partial charge is 0.463 e. The van der Waals surface area contributed by atoms with E-state index in [9.17, 15) is 28.6 Å². The lowest BCUT2D eigenvalue weighted by molar-refractivity contribution is -0.160. The summed E-state index contributed by atoms with van der Waals surface area (Å²) < 4.78 is 33.3. The third-order valence-corrected chi connectivity index (χ3v) is 4.14. The van der Waals surface area contributed by atoms with Crippen molar-refractivity contribution in [3.05, 3.63) is 35.9 Å². The summed E-state index contributed by atoms with van der Waals surface area (Å²) in [7, 11) is 0. The number of hydrogen-bond donors (Lipinski definition) is 3. The lowest BCUT2D eigenvalue weighted by Crippen LogP contribution is -2.47. The van der Waals surface area contributed by atoms with Crippen LogP contribution in [-0.4, -0.2) is 46.8 Å². The number of carbonyl (C=O) groups excluding carboxylic acids is 2. The average Bonchev–Trinajstić information content (AvgIpc) is 2.57. The molecule has 0 bridgehead atoms. The van der Waals surface area contributed by atoms with Crippen molar-refractivity contribution in [3.8, 4) is 0 Å². The highest BCUT2D eigenvalue weighted by atomic mass is 19.3. The number of benzene rings is 1. The normalized spacial score (nSPS) is 31.2. The summed E-state index contributed by atoms with van der Waals surface area (Å²) in [6.07, 6.45) is -4.88. The minimum Gasteiger partial charge on any atom is -0.463 e. The number of carbonyl (C=O) groups is 2. The Morgan fingerprint density at radius 3 is 2.44 bits per heavy atom. The molecule has 138 valence electrons. The summed E-state index contributed by atoms with van der Waals surface area (Å²) in [4.78, 5) is 23.9. The molecule has 0 spiro atoms. The molecule has 1 amide bonds. The van der Waals surface area contributed by atoms with Crippen molar-refractivity contribution in [1.82, 2.24) is 5.32 Å². The number of cyclic esters (lactones) is 1. The SMILES string of the molecule is C[C@@H]1C[C@H](O)[C@@H](O)CC(F)(F)C(=O)N[C@H](c2ccccc2)COC1=O. The van der Waals surface area contributed by atoms with Crippen LogP contribution in [0.4, 0.5) is 8.78 Å². The van der Waals surface area contributed by atoms with Crippen LogP contribution in [0.1, 0.15) is 31.4 Å².